The molecule has 7 heteroatoms. The Hall–Kier alpha value is -1.89. The van der Waals surface area contributed by atoms with Crippen LogP contribution in [0.15, 0.2) is 27.1 Å². The lowest BCUT2D eigenvalue weighted by Gasteiger charge is -2.05. The standard InChI is InChI=1S/C14H15BrN2O4/c1-8(6-13(18)19)5-12-16-17-14(21-12)10-4-3-9(15)7-11(10)20-2/h3-4,7-8H,5-6H2,1-2H3,(H,18,19). The monoisotopic (exact) mass is 354 g/mol. The van der Waals surface area contributed by atoms with Crippen LogP contribution in [-0.4, -0.2) is 28.4 Å². The Kier molecular flexibility index (Phi) is 4.95. The molecule has 1 N–H and O–H groups in total. The number of rotatable bonds is 6. The van der Waals surface area contributed by atoms with Crippen molar-refractivity contribution >= 4 is 21.9 Å². The topological polar surface area (TPSA) is 85.5 Å². The van der Waals surface area contributed by atoms with Gasteiger partial charge in [-0.05, 0) is 24.1 Å². The van der Waals surface area contributed by atoms with Gasteiger partial charge in [-0.15, -0.1) is 10.2 Å². The maximum absolute atomic E-state index is 10.7. The highest BCUT2D eigenvalue weighted by Crippen LogP contribution is 2.31. The van der Waals surface area contributed by atoms with Gasteiger partial charge >= 0.3 is 5.97 Å². The van der Waals surface area contributed by atoms with Crippen LogP contribution in [0.1, 0.15) is 19.2 Å². The fraction of sp³-hybridized carbons (Fsp3) is 0.357. The average Bonchev–Trinajstić information content (AvgIpc) is 2.85. The van der Waals surface area contributed by atoms with E-state index in [-0.39, 0.29) is 12.3 Å². The highest BCUT2D eigenvalue weighted by molar-refractivity contribution is 9.10. The molecule has 0 amide bonds. The number of hydrogen-bond donors (Lipinski definition) is 1. The second kappa shape index (κ2) is 6.71. The summed E-state index contributed by atoms with van der Waals surface area (Å²) in [7, 11) is 1.57. The third-order valence-electron chi connectivity index (χ3n) is 2.91. The lowest BCUT2D eigenvalue weighted by atomic mass is 10.0. The van der Waals surface area contributed by atoms with Crippen LogP contribution < -0.4 is 4.74 Å². The maximum Gasteiger partial charge on any atom is 0.303 e. The molecule has 1 atom stereocenters. The second-order valence-electron chi connectivity index (χ2n) is 4.75. The van der Waals surface area contributed by atoms with Crippen molar-refractivity contribution in [2.75, 3.05) is 7.11 Å². The van der Waals surface area contributed by atoms with E-state index in [1.165, 1.54) is 0 Å². The molecule has 0 aliphatic carbocycles. The van der Waals surface area contributed by atoms with Crippen LogP contribution in [0.25, 0.3) is 11.5 Å². The number of benzene rings is 1. The lowest BCUT2D eigenvalue weighted by molar-refractivity contribution is -0.137. The van der Waals surface area contributed by atoms with Crippen molar-refractivity contribution in [2.24, 2.45) is 5.92 Å². The van der Waals surface area contributed by atoms with Crippen LogP contribution in [0.3, 0.4) is 0 Å². The normalized spacial score (nSPS) is 12.1. The first-order valence-electron chi connectivity index (χ1n) is 6.37. The molecule has 0 bridgehead atoms. The summed E-state index contributed by atoms with van der Waals surface area (Å²) in [5.74, 6) is 0.498. The maximum atomic E-state index is 10.7. The van der Waals surface area contributed by atoms with Crippen LogP contribution >= 0.6 is 15.9 Å². The number of methoxy groups -OCH3 is 1. The predicted octanol–water partition coefficient (Wildman–Crippen LogP) is 3.16. The number of carbonyl (C=O) groups is 1. The summed E-state index contributed by atoms with van der Waals surface area (Å²) in [5.41, 5.74) is 0.699. The molecule has 1 aromatic carbocycles. The quantitative estimate of drug-likeness (QED) is 0.857. The zero-order chi connectivity index (χ0) is 15.4. The summed E-state index contributed by atoms with van der Waals surface area (Å²) >= 11 is 3.37. The number of carboxylic acid groups (broad SMARTS) is 1. The lowest BCUT2D eigenvalue weighted by Crippen LogP contribution is -2.07. The van der Waals surface area contributed by atoms with Gasteiger partial charge in [0, 0.05) is 17.3 Å². The number of carboxylic acids is 1. The summed E-state index contributed by atoms with van der Waals surface area (Å²) < 4.78 is 11.8. The molecule has 6 nitrogen and oxygen atoms in total. The Morgan fingerprint density at radius 3 is 2.90 bits per heavy atom. The predicted molar refractivity (Wildman–Crippen MR) is 79.1 cm³/mol. The van der Waals surface area contributed by atoms with Gasteiger partial charge in [0.15, 0.2) is 0 Å². The first kappa shape index (κ1) is 15.5. The molecular formula is C14H15BrN2O4. The molecule has 0 aliphatic heterocycles. The number of ether oxygens (including phenoxy) is 1. The Morgan fingerprint density at radius 1 is 1.48 bits per heavy atom. The van der Waals surface area contributed by atoms with Crippen LogP contribution in [0, 0.1) is 5.92 Å². The summed E-state index contributed by atoms with van der Waals surface area (Å²) in [5, 5.41) is 16.7. The zero-order valence-corrected chi connectivity index (χ0v) is 13.3. The first-order valence-corrected chi connectivity index (χ1v) is 7.17. The van der Waals surface area contributed by atoms with Gasteiger partial charge < -0.3 is 14.3 Å². The molecule has 112 valence electrons. The summed E-state index contributed by atoms with van der Waals surface area (Å²) in [6, 6.07) is 5.49. The van der Waals surface area contributed by atoms with Crippen molar-refractivity contribution in [2.45, 2.75) is 19.8 Å². The molecule has 1 unspecified atom stereocenters. The third kappa shape index (κ3) is 4.04. The molecule has 0 saturated carbocycles. The van der Waals surface area contributed by atoms with Crippen LogP contribution in [0.2, 0.25) is 0 Å². The fourth-order valence-electron chi connectivity index (χ4n) is 1.96. The minimum atomic E-state index is -0.836. The van der Waals surface area contributed by atoms with E-state index in [0.717, 1.165) is 4.47 Å². The van der Waals surface area contributed by atoms with Gasteiger partial charge in [0.2, 0.25) is 5.89 Å². The number of nitrogens with zero attached hydrogens (tertiary/aromatic N) is 2. The van der Waals surface area contributed by atoms with Crippen molar-refractivity contribution in [3.8, 4) is 17.2 Å². The van der Waals surface area contributed by atoms with Crippen molar-refractivity contribution in [1.29, 1.82) is 0 Å². The van der Waals surface area contributed by atoms with Gasteiger partial charge in [-0.3, -0.25) is 4.79 Å². The highest BCUT2D eigenvalue weighted by atomic mass is 79.9. The van der Waals surface area contributed by atoms with Crippen molar-refractivity contribution in [3.63, 3.8) is 0 Å². The van der Waals surface area contributed by atoms with Crippen LogP contribution in [-0.2, 0) is 11.2 Å². The Bertz CT molecular complexity index is 642. The van der Waals surface area contributed by atoms with Gasteiger partial charge in [0.25, 0.3) is 5.89 Å². The molecule has 21 heavy (non-hydrogen) atoms. The third-order valence-corrected chi connectivity index (χ3v) is 3.40. The van der Waals surface area contributed by atoms with Crippen LogP contribution in [0.4, 0.5) is 0 Å². The summed E-state index contributed by atoms with van der Waals surface area (Å²) in [4.78, 5) is 10.7. The smallest absolute Gasteiger partial charge is 0.303 e. The Balaban J connectivity index is 2.18. The van der Waals surface area contributed by atoms with E-state index in [1.807, 2.05) is 25.1 Å². The number of aromatic nitrogens is 2. The largest absolute Gasteiger partial charge is 0.496 e. The van der Waals surface area contributed by atoms with E-state index < -0.39 is 5.97 Å². The molecular weight excluding hydrogens is 340 g/mol. The van der Waals surface area contributed by atoms with E-state index in [9.17, 15) is 4.79 Å². The fourth-order valence-corrected chi connectivity index (χ4v) is 2.30. The Labute approximate surface area is 130 Å². The SMILES string of the molecule is COc1cc(Br)ccc1-c1nnc(CC(C)CC(=O)O)o1. The van der Waals surface area contributed by atoms with E-state index in [1.54, 1.807) is 7.11 Å². The van der Waals surface area contributed by atoms with Crippen molar-refractivity contribution in [3.05, 3.63) is 28.6 Å². The molecule has 0 saturated heterocycles. The molecule has 0 radical (unpaired) electrons. The van der Waals surface area contributed by atoms with Crippen molar-refractivity contribution in [1.82, 2.24) is 10.2 Å². The molecule has 0 aliphatic rings. The van der Waals surface area contributed by atoms with E-state index in [2.05, 4.69) is 26.1 Å². The summed E-state index contributed by atoms with van der Waals surface area (Å²) in [6.07, 6.45) is 0.497. The molecule has 2 aromatic rings. The van der Waals surface area contributed by atoms with E-state index in [4.69, 9.17) is 14.3 Å². The number of hydrogen-bond acceptors (Lipinski definition) is 5. The van der Waals surface area contributed by atoms with Gasteiger partial charge in [-0.2, -0.15) is 0 Å². The first-order chi connectivity index (χ1) is 9.99. The van der Waals surface area contributed by atoms with E-state index >= 15 is 0 Å². The van der Waals surface area contributed by atoms with Gasteiger partial charge in [-0.25, -0.2) is 0 Å². The minimum absolute atomic E-state index is 0.0670. The van der Waals surface area contributed by atoms with Gasteiger partial charge in [0.1, 0.15) is 5.75 Å². The minimum Gasteiger partial charge on any atom is -0.496 e. The van der Waals surface area contributed by atoms with Gasteiger partial charge in [0.05, 0.1) is 12.7 Å². The zero-order valence-electron chi connectivity index (χ0n) is 11.7. The highest BCUT2D eigenvalue weighted by Gasteiger charge is 2.16. The van der Waals surface area contributed by atoms with Crippen LogP contribution in [0.5, 0.6) is 5.75 Å². The number of aliphatic carboxylic acids is 1. The molecule has 2 rings (SSSR count). The second-order valence-corrected chi connectivity index (χ2v) is 5.67. The molecule has 0 spiro atoms. The van der Waals surface area contributed by atoms with Gasteiger partial charge in [-0.1, -0.05) is 22.9 Å². The molecule has 0 fully saturated rings. The Morgan fingerprint density at radius 2 is 2.24 bits per heavy atom. The number of halogens is 1. The van der Waals surface area contributed by atoms with Crippen molar-refractivity contribution < 1.29 is 19.1 Å². The molecule has 1 heterocycles. The average molecular weight is 355 g/mol. The molecule has 1 aromatic heterocycles. The van der Waals surface area contributed by atoms with E-state index in [0.29, 0.717) is 29.5 Å². The summed E-state index contributed by atoms with van der Waals surface area (Å²) in [6.45, 7) is 1.83.